The van der Waals surface area contributed by atoms with E-state index >= 15 is 0 Å². The van der Waals surface area contributed by atoms with E-state index in [1.165, 1.54) is 6.07 Å². The SMILES string of the molecule is CC(C)(C)OC(=O)Nc1ccc(OC(F)(F)F)cc1CO. The molecule has 5 nitrogen and oxygen atoms in total. The Morgan fingerprint density at radius 2 is 1.90 bits per heavy atom. The first kappa shape index (κ1) is 17.1. The van der Waals surface area contributed by atoms with Crippen LogP contribution in [0.4, 0.5) is 23.7 Å². The molecule has 8 heteroatoms. The number of hydrogen-bond donors (Lipinski definition) is 2. The molecule has 0 heterocycles. The lowest BCUT2D eigenvalue weighted by Gasteiger charge is -2.20. The molecule has 0 aliphatic carbocycles. The van der Waals surface area contributed by atoms with Crippen LogP contribution in [-0.2, 0) is 11.3 Å². The van der Waals surface area contributed by atoms with Crippen molar-refractivity contribution in [3.63, 3.8) is 0 Å². The molecule has 0 radical (unpaired) electrons. The van der Waals surface area contributed by atoms with Crippen molar-refractivity contribution in [2.45, 2.75) is 39.3 Å². The van der Waals surface area contributed by atoms with Crippen molar-refractivity contribution in [3.05, 3.63) is 23.8 Å². The van der Waals surface area contributed by atoms with Crippen LogP contribution in [0.2, 0.25) is 0 Å². The van der Waals surface area contributed by atoms with Gasteiger partial charge in [-0.25, -0.2) is 4.79 Å². The Balaban J connectivity index is 2.87. The molecule has 0 unspecified atom stereocenters. The number of aliphatic hydroxyl groups excluding tert-OH is 1. The van der Waals surface area contributed by atoms with Crippen LogP contribution in [0.1, 0.15) is 26.3 Å². The molecule has 0 spiro atoms. The van der Waals surface area contributed by atoms with Crippen LogP contribution >= 0.6 is 0 Å². The summed E-state index contributed by atoms with van der Waals surface area (Å²) in [6.07, 6.45) is -5.60. The smallest absolute Gasteiger partial charge is 0.444 e. The maximum absolute atomic E-state index is 12.1. The topological polar surface area (TPSA) is 67.8 Å². The number of nitrogens with one attached hydrogen (secondary N) is 1. The average molecular weight is 307 g/mol. The summed E-state index contributed by atoms with van der Waals surface area (Å²) in [5, 5.41) is 11.5. The zero-order valence-corrected chi connectivity index (χ0v) is 11.7. The molecular weight excluding hydrogens is 291 g/mol. The zero-order valence-electron chi connectivity index (χ0n) is 11.7. The number of benzene rings is 1. The third-order valence-corrected chi connectivity index (χ3v) is 2.12. The van der Waals surface area contributed by atoms with Gasteiger partial charge in [0.2, 0.25) is 0 Å². The summed E-state index contributed by atoms with van der Waals surface area (Å²) in [4.78, 5) is 11.6. The lowest BCUT2D eigenvalue weighted by molar-refractivity contribution is -0.274. The third kappa shape index (κ3) is 6.35. The number of hydrogen-bond acceptors (Lipinski definition) is 4. The maximum atomic E-state index is 12.1. The van der Waals surface area contributed by atoms with E-state index in [2.05, 4.69) is 10.1 Å². The van der Waals surface area contributed by atoms with Crippen LogP contribution < -0.4 is 10.1 Å². The third-order valence-electron chi connectivity index (χ3n) is 2.12. The van der Waals surface area contributed by atoms with Gasteiger partial charge < -0.3 is 14.6 Å². The molecular formula is C13H16F3NO4. The van der Waals surface area contributed by atoms with Crippen LogP contribution in [0, 0.1) is 0 Å². The Bertz CT molecular complexity index is 509. The van der Waals surface area contributed by atoms with Crippen molar-refractivity contribution >= 4 is 11.8 Å². The highest BCUT2D eigenvalue weighted by atomic mass is 19.4. The summed E-state index contributed by atoms with van der Waals surface area (Å²) < 4.78 is 45.0. The Morgan fingerprint density at radius 1 is 1.29 bits per heavy atom. The van der Waals surface area contributed by atoms with Crippen molar-refractivity contribution < 1.29 is 32.5 Å². The second-order valence-electron chi connectivity index (χ2n) is 5.15. The van der Waals surface area contributed by atoms with Crippen molar-refractivity contribution in [1.29, 1.82) is 0 Å². The molecule has 118 valence electrons. The van der Waals surface area contributed by atoms with Gasteiger partial charge in [-0.3, -0.25) is 5.32 Å². The molecule has 0 saturated heterocycles. The summed E-state index contributed by atoms with van der Waals surface area (Å²) in [5.74, 6) is -0.485. The van der Waals surface area contributed by atoms with E-state index in [-0.39, 0.29) is 11.3 Å². The Morgan fingerprint density at radius 3 is 2.38 bits per heavy atom. The average Bonchev–Trinajstić information content (AvgIpc) is 2.26. The van der Waals surface area contributed by atoms with Crippen molar-refractivity contribution in [1.82, 2.24) is 0 Å². The number of carbonyl (C=O) groups excluding carboxylic acids is 1. The molecule has 1 rings (SSSR count). The fourth-order valence-corrected chi connectivity index (χ4v) is 1.43. The fourth-order valence-electron chi connectivity index (χ4n) is 1.43. The summed E-state index contributed by atoms with van der Waals surface area (Å²) in [6.45, 7) is 4.43. The Labute approximate surface area is 119 Å². The lowest BCUT2D eigenvalue weighted by atomic mass is 10.1. The number of amides is 1. The van der Waals surface area contributed by atoms with Gasteiger partial charge >= 0.3 is 12.5 Å². The van der Waals surface area contributed by atoms with Crippen molar-refractivity contribution in [3.8, 4) is 5.75 Å². The van der Waals surface area contributed by atoms with Gasteiger partial charge in [-0.15, -0.1) is 13.2 Å². The number of aliphatic hydroxyl groups is 1. The van der Waals surface area contributed by atoms with Crippen LogP contribution in [0.5, 0.6) is 5.75 Å². The molecule has 1 aromatic carbocycles. The molecule has 21 heavy (non-hydrogen) atoms. The van der Waals surface area contributed by atoms with E-state index in [4.69, 9.17) is 9.84 Å². The number of alkyl halides is 3. The normalized spacial score (nSPS) is 12.0. The molecule has 2 N–H and O–H groups in total. The Kier molecular flexibility index (Phi) is 5.06. The van der Waals surface area contributed by atoms with Gasteiger partial charge in [-0.2, -0.15) is 0 Å². The molecule has 0 atom stereocenters. The lowest BCUT2D eigenvalue weighted by Crippen LogP contribution is -2.27. The van der Waals surface area contributed by atoms with Crippen LogP contribution in [0.25, 0.3) is 0 Å². The van der Waals surface area contributed by atoms with Gasteiger partial charge in [0.05, 0.1) is 6.61 Å². The number of ether oxygens (including phenoxy) is 2. The van der Waals surface area contributed by atoms with E-state index in [0.29, 0.717) is 0 Å². The zero-order chi connectivity index (χ0) is 16.3. The second-order valence-corrected chi connectivity index (χ2v) is 5.15. The van der Waals surface area contributed by atoms with E-state index in [1.54, 1.807) is 20.8 Å². The van der Waals surface area contributed by atoms with Crippen molar-refractivity contribution in [2.24, 2.45) is 0 Å². The standard InChI is InChI=1S/C13H16F3NO4/c1-12(2,3)21-11(19)17-10-5-4-9(6-8(10)7-18)20-13(14,15)16/h4-6,18H,7H2,1-3H3,(H,17,19). The van der Waals surface area contributed by atoms with Crippen LogP contribution in [0.15, 0.2) is 18.2 Å². The van der Waals surface area contributed by atoms with Gasteiger partial charge in [0.25, 0.3) is 0 Å². The minimum absolute atomic E-state index is 0.0719. The summed E-state index contributed by atoms with van der Waals surface area (Å²) in [6, 6.07) is 3.20. The molecule has 1 amide bonds. The molecule has 0 saturated carbocycles. The van der Waals surface area contributed by atoms with E-state index < -0.39 is 30.4 Å². The first-order valence-electron chi connectivity index (χ1n) is 6.00. The van der Waals surface area contributed by atoms with E-state index in [0.717, 1.165) is 12.1 Å². The predicted molar refractivity (Wildman–Crippen MR) is 68.9 cm³/mol. The quantitative estimate of drug-likeness (QED) is 0.898. The molecule has 1 aromatic rings. The molecule has 0 bridgehead atoms. The van der Waals surface area contributed by atoms with Gasteiger partial charge in [-0.05, 0) is 39.0 Å². The summed E-state index contributed by atoms with van der Waals surface area (Å²) in [7, 11) is 0. The van der Waals surface area contributed by atoms with Gasteiger partial charge in [0.15, 0.2) is 0 Å². The van der Waals surface area contributed by atoms with Crippen LogP contribution in [-0.4, -0.2) is 23.2 Å². The highest BCUT2D eigenvalue weighted by Gasteiger charge is 2.31. The molecule has 0 fully saturated rings. The molecule has 0 aliphatic rings. The fraction of sp³-hybridized carbons (Fsp3) is 0.462. The minimum atomic E-state index is -4.83. The van der Waals surface area contributed by atoms with E-state index in [9.17, 15) is 18.0 Å². The maximum Gasteiger partial charge on any atom is 0.573 e. The number of anilines is 1. The predicted octanol–water partition coefficient (Wildman–Crippen LogP) is 3.42. The summed E-state index contributed by atoms with van der Waals surface area (Å²) >= 11 is 0. The number of rotatable bonds is 3. The van der Waals surface area contributed by atoms with Gasteiger partial charge in [0, 0.05) is 11.3 Å². The van der Waals surface area contributed by atoms with Crippen molar-refractivity contribution in [2.75, 3.05) is 5.32 Å². The largest absolute Gasteiger partial charge is 0.573 e. The second kappa shape index (κ2) is 6.21. The van der Waals surface area contributed by atoms with Gasteiger partial charge in [0.1, 0.15) is 11.4 Å². The molecule has 0 aromatic heterocycles. The highest BCUT2D eigenvalue weighted by molar-refractivity contribution is 5.86. The number of halogens is 3. The Hall–Kier alpha value is -1.96. The van der Waals surface area contributed by atoms with Crippen LogP contribution in [0.3, 0.4) is 0 Å². The first-order valence-corrected chi connectivity index (χ1v) is 6.00. The molecule has 0 aliphatic heterocycles. The highest BCUT2D eigenvalue weighted by Crippen LogP contribution is 2.27. The van der Waals surface area contributed by atoms with Gasteiger partial charge in [-0.1, -0.05) is 0 Å². The minimum Gasteiger partial charge on any atom is -0.444 e. The number of carbonyl (C=O) groups is 1. The van der Waals surface area contributed by atoms with E-state index in [1.807, 2.05) is 0 Å². The summed E-state index contributed by atoms with van der Waals surface area (Å²) in [5.41, 5.74) is -0.508. The monoisotopic (exact) mass is 307 g/mol. The first-order chi connectivity index (χ1) is 9.50.